The molecule has 0 radical (unpaired) electrons. The van der Waals surface area contributed by atoms with Crippen LogP contribution in [0.4, 0.5) is 11.5 Å². The van der Waals surface area contributed by atoms with Crippen molar-refractivity contribution in [3.63, 3.8) is 0 Å². The molecule has 1 amide bonds. The maximum Gasteiger partial charge on any atom is 0.258 e. The van der Waals surface area contributed by atoms with Crippen molar-refractivity contribution in [2.24, 2.45) is 0 Å². The van der Waals surface area contributed by atoms with Crippen molar-refractivity contribution in [1.29, 1.82) is 0 Å². The third-order valence-corrected chi connectivity index (χ3v) is 4.25. The summed E-state index contributed by atoms with van der Waals surface area (Å²) >= 11 is 6.03. The van der Waals surface area contributed by atoms with Crippen molar-refractivity contribution in [3.8, 4) is 0 Å². The number of aromatic nitrogens is 1. The van der Waals surface area contributed by atoms with E-state index in [2.05, 4.69) is 4.98 Å². The standard InChI is InChI=1S/C16H12ClN3O/c1-19-11-5-3-4-10-14(11)12(20(2)16(10)21)8-9-6-7-13(17)18-15(9)19/h3-8H,1-2H3. The Labute approximate surface area is 127 Å². The number of fused-ring (bicyclic) bond motifs is 1. The van der Waals surface area contributed by atoms with Gasteiger partial charge in [0, 0.05) is 25.2 Å². The fraction of sp³-hybridized carbons (Fsp3) is 0.125. The number of carbonyl (C=O) groups is 1. The van der Waals surface area contributed by atoms with E-state index in [1.807, 2.05) is 42.3 Å². The largest absolute Gasteiger partial charge is 0.328 e. The van der Waals surface area contributed by atoms with E-state index in [0.717, 1.165) is 33.9 Å². The molecule has 0 atom stereocenters. The highest BCUT2D eigenvalue weighted by Gasteiger charge is 2.34. The molecular weight excluding hydrogens is 286 g/mol. The normalized spacial score (nSPS) is 15.6. The van der Waals surface area contributed by atoms with Gasteiger partial charge in [-0.1, -0.05) is 17.7 Å². The lowest BCUT2D eigenvalue weighted by atomic mass is 10.1. The molecule has 21 heavy (non-hydrogen) atoms. The van der Waals surface area contributed by atoms with Crippen molar-refractivity contribution < 1.29 is 4.79 Å². The van der Waals surface area contributed by atoms with Gasteiger partial charge in [-0.05, 0) is 30.3 Å². The summed E-state index contributed by atoms with van der Waals surface area (Å²) < 4.78 is 0. The number of amides is 1. The number of carbonyl (C=O) groups excluding carboxylic acids is 1. The Kier molecular flexibility index (Phi) is 2.41. The second-order valence-corrected chi connectivity index (χ2v) is 5.59. The van der Waals surface area contributed by atoms with Gasteiger partial charge in [0.05, 0.1) is 16.9 Å². The number of halogens is 1. The Bertz CT molecular complexity index is 828. The van der Waals surface area contributed by atoms with E-state index in [9.17, 15) is 4.79 Å². The molecule has 2 aliphatic heterocycles. The van der Waals surface area contributed by atoms with Gasteiger partial charge in [0.2, 0.25) is 0 Å². The van der Waals surface area contributed by atoms with Gasteiger partial charge in [0.1, 0.15) is 11.0 Å². The van der Waals surface area contributed by atoms with E-state index in [0.29, 0.717) is 5.15 Å². The molecule has 0 aliphatic carbocycles. The lowest BCUT2D eigenvalue weighted by Crippen LogP contribution is -2.17. The summed E-state index contributed by atoms with van der Waals surface area (Å²) in [4.78, 5) is 20.5. The van der Waals surface area contributed by atoms with E-state index >= 15 is 0 Å². The summed E-state index contributed by atoms with van der Waals surface area (Å²) in [7, 11) is 3.74. The highest BCUT2D eigenvalue weighted by molar-refractivity contribution is 6.29. The molecule has 0 bridgehead atoms. The van der Waals surface area contributed by atoms with E-state index in [1.165, 1.54) is 0 Å². The number of hydrogen-bond acceptors (Lipinski definition) is 3. The van der Waals surface area contributed by atoms with Crippen LogP contribution in [0.1, 0.15) is 21.5 Å². The number of anilines is 2. The highest BCUT2D eigenvalue weighted by atomic mass is 35.5. The van der Waals surface area contributed by atoms with Crippen molar-refractivity contribution >= 4 is 40.8 Å². The Morgan fingerprint density at radius 1 is 1.10 bits per heavy atom. The zero-order valence-electron chi connectivity index (χ0n) is 11.6. The Hall–Kier alpha value is -2.33. The second-order valence-electron chi connectivity index (χ2n) is 5.20. The SMILES string of the molecule is CN1C(=O)c2cccc3c2C1=Cc1ccc(Cl)nc1N3C. The molecule has 0 spiro atoms. The molecule has 5 heteroatoms. The van der Waals surface area contributed by atoms with Crippen LogP contribution in [0.2, 0.25) is 5.15 Å². The summed E-state index contributed by atoms with van der Waals surface area (Å²) in [6.07, 6.45) is 2.00. The molecule has 1 aromatic heterocycles. The van der Waals surface area contributed by atoms with Crippen molar-refractivity contribution in [2.75, 3.05) is 19.0 Å². The predicted octanol–water partition coefficient (Wildman–Crippen LogP) is 3.40. The Balaban J connectivity index is 2.10. The lowest BCUT2D eigenvalue weighted by molar-refractivity contribution is 0.0875. The fourth-order valence-electron chi connectivity index (χ4n) is 2.97. The van der Waals surface area contributed by atoms with Crippen LogP contribution >= 0.6 is 11.6 Å². The quantitative estimate of drug-likeness (QED) is 0.699. The Morgan fingerprint density at radius 2 is 1.90 bits per heavy atom. The minimum absolute atomic E-state index is 0.0249. The van der Waals surface area contributed by atoms with Crippen LogP contribution in [-0.4, -0.2) is 29.9 Å². The molecule has 1 aromatic carbocycles. The van der Waals surface area contributed by atoms with Gasteiger partial charge >= 0.3 is 0 Å². The van der Waals surface area contributed by atoms with Gasteiger partial charge < -0.3 is 9.80 Å². The molecule has 0 fully saturated rings. The molecule has 0 saturated carbocycles. The average Bonchev–Trinajstić information content (AvgIpc) is 2.65. The van der Waals surface area contributed by atoms with Gasteiger partial charge in [0.15, 0.2) is 0 Å². The summed E-state index contributed by atoms with van der Waals surface area (Å²) in [6, 6.07) is 9.45. The van der Waals surface area contributed by atoms with E-state index in [-0.39, 0.29) is 5.91 Å². The van der Waals surface area contributed by atoms with Gasteiger partial charge in [0.25, 0.3) is 5.91 Å². The van der Waals surface area contributed by atoms with Gasteiger partial charge in [-0.25, -0.2) is 4.98 Å². The first-order valence-corrected chi connectivity index (χ1v) is 6.99. The van der Waals surface area contributed by atoms with Crippen molar-refractivity contribution in [1.82, 2.24) is 9.88 Å². The van der Waals surface area contributed by atoms with E-state index in [1.54, 1.807) is 18.0 Å². The molecule has 2 aliphatic rings. The smallest absolute Gasteiger partial charge is 0.258 e. The number of benzene rings is 1. The maximum absolute atomic E-state index is 12.4. The van der Waals surface area contributed by atoms with Crippen LogP contribution in [0, 0.1) is 0 Å². The van der Waals surface area contributed by atoms with E-state index < -0.39 is 0 Å². The van der Waals surface area contributed by atoms with Crippen LogP contribution in [0.15, 0.2) is 30.3 Å². The highest BCUT2D eigenvalue weighted by Crippen LogP contribution is 2.44. The molecule has 3 heterocycles. The second kappa shape index (κ2) is 4.09. The molecular formula is C16H12ClN3O. The zero-order chi connectivity index (χ0) is 14.7. The third kappa shape index (κ3) is 1.56. The summed E-state index contributed by atoms with van der Waals surface area (Å²) in [5, 5.41) is 0.455. The molecule has 2 aromatic rings. The minimum Gasteiger partial charge on any atom is -0.328 e. The molecule has 4 nitrogen and oxygen atoms in total. The predicted molar refractivity (Wildman–Crippen MR) is 83.7 cm³/mol. The number of nitrogens with zero attached hydrogens (tertiary/aromatic N) is 3. The van der Waals surface area contributed by atoms with Crippen molar-refractivity contribution in [2.45, 2.75) is 0 Å². The summed E-state index contributed by atoms with van der Waals surface area (Å²) in [6.45, 7) is 0. The first-order valence-electron chi connectivity index (χ1n) is 6.61. The summed E-state index contributed by atoms with van der Waals surface area (Å²) in [5.41, 5.74) is 4.50. The van der Waals surface area contributed by atoms with Gasteiger partial charge in [-0.2, -0.15) is 0 Å². The van der Waals surface area contributed by atoms with Gasteiger partial charge in [-0.3, -0.25) is 4.79 Å². The molecule has 0 unspecified atom stereocenters. The first kappa shape index (κ1) is 12.4. The monoisotopic (exact) mass is 297 g/mol. The first-order chi connectivity index (χ1) is 10.1. The van der Waals surface area contributed by atoms with Crippen LogP contribution < -0.4 is 4.90 Å². The molecule has 0 saturated heterocycles. The summed E-state index contributed by atoms with van der Waals surface area (Å²) in [5.74, 6) is 0.815. The molecule has 104 valence electrons. The van der Waals surface area contributed by atoms with E-state index in [4.69, 9.17) is 11.6 Å². The number of hydrogen-bond donors (Lipinski definition) is 0. The molecule has 4 rings (SSSR count). The van der Waals surface area contributed by atoms with Crippen LogP contribution in [0.25, 0.3) is 11.8 Å². The third-order valence-electron chi connectivity index (χ3n) is 4.04. The zero-order valence-corrected chi connectivity index (χ0v) is 12.3. The minimum atomic E-state index is 0.0249. The van der Waals surface area contributed by atoms with Crippen molar-refractivity contribution in [3.05, 3.63) is 52.2 Å². The maximum atomic E-state index is 12.4. The van der Waals surface area contributed by atoms with Crippen LogP contribution in [0.5, 0.6) is 0 Å². The Morgan fingerprint density at radius 3 is 2.71 bits per heavy atom. The number of rotatable bonds is 0. The average molecular weight is 298 g/mol. The topological polar surface area (TPSA) is 36.4 Å². The lowest BCUT2D eigenvalue weighted by Gasteiger charge is -2.20. The molecule has 0 N–H and O–H groups in total. The fourth-order valence-corrected chi connectivity index (χ4v) is 3.12. The number of pyridine rings is 1. The van der Waals surface area contributed by atoms with Gasteiger partial charge in [-0.15, -0.1) is 0 Å². The van der Waals surface area contributed by atoms with Crippen LogP contribution in [-0.2, 0) is 0 Å². The van der Waals surface area contributed by atoms with Crippen LogP contribution in [0.3, 0.4) is 0 Å².